The first-order valence-corrected chi connectivity index (χ1v) is 19.9. The van der Waals surface area contributed by atoms with E-state index >= 15 is 0 Å². The number of anilines is 1. The first-order chi connectivity index (χ1) is 28.9. The summed E-state index contributed by atoms with van der Waals surface area (Å²) in [7, 11) is -3.96. The Morgan fingerprint density at radius 3 is 1.92 bits per heavy atom. The molecule has 17 nitrogen and oxygen atoms in total. The number of halogens is 2. The highest BCUT2D eigenvalue weighted by Gasteiger charge is 2.19. The number of esters is 1. The summed E-state index contributed by atoms with van der Waals surface area (Å²) in [6, 6.07) is 32.3. The van der Waals surface area contributed by atoms with Crippen LogP contribution in [-0.2, 0) is 48.8 Å². The highest BCUT2D eigenvalue weighted by molar-refractivity contribution is 7.90. The number of carbonyl (C=O) groups excluding carboxylic acids is 4. The topological polar surface area (TPSA) is 234 Å². The summed E-state index contributed by atoms with van der Waals surface area (Å²) in [5, 5.41) is 10.9. The van der Waals surface area contributed by atoms with Gasteiger partial charge < -0.3 is 19.5 Å². The largest absolute Gasteiger partial charge is 0.486 e. The standard InChI is InChI=1S/C16H14ClN3O3.C15H16ClNO.C8H8N4O3S.CO2.CH4/c1-2-22-16(21)14-12-8-9-13(15(17)20(12)19-18-14)23-10-11-6-4-3-5-7-11;1-2-6-13-9-10-14(15(16)17-13)18-11-12-7-4-3-5-8-12;1-6(13)10-7-2-4-8(5-3-7)16(14,15)12-11-9;2-1-3;/h3-9H,2,10H2,1H3;3-5,7-10H,2,6,11H2,1H3;2-5H,1H3,(H,10,13);;1H4. The molecule has 320 valence electrons. The molecule has 61 heavy (non-hydrogen) atoms. The molecular formula is C41H42Cl2N8O9S. The maximum absolute atomic E-state index is 11.8. The van der Waals surface area contributed by atoms with Crippen molar-refractivity contribution in [2.75, 3.05) is 11.9 Å². The van der Waals surface area contributed by atoms with Crippen molar-refractivity contribution in [3.05, 3.63) is 152 Å². The van der Waals surface area contributed by atoms with Gasteiger partial charge in [-0.05, 0) is 78.5 Å². The van der Waals surface area contributed by atoms with Crippen molar-refractivity contribution in [1.82, 2.24) is 19.8 Å². The number of aromatic nitrogens is 4. The number of ether oxygens (including phenoxy) is 3. The molecular weight excluding hydrogens is 851 g/mol. The molecule has 6 aromatic rings. The Morgan fingerprint density at radius 1 is 0.852 bits per heavy atom. The average Bonchev–Trinajstić information content (AvgIpc) is 3.68. The van der Waals surface area contributed by atoms with Crippen LogP contribution < -0.4 is 14.8 Å². The molecule has 0 aliphatic heterocycles. The molecule has 0 spiro atoms. The first-order valence-electron chi connectivity index (χ1n) is 17.7. The van der Waals surface area contributed by atoms with E-state index in [0.717, 1.165) is 29.7 Å². The molecule has 3 aromatic heterocycles. The minimum Gasteiger partial charge on any atom is -0.486 e. The lowest BCUT2D eigenvalue weighted by Crippen LogP contribution is -2.05. The molecule has 0 fully saturated rings. The SMILES string of the molecule is C.CC(=O)Nc1ccc(S(=O)(=O)N=[N+]=[N-])cc1.CCCc1ccc(OCc2ccccc2)c(Cl)n1.CCOC(=O)c1nnn2c(Cl)c(OCc3ccccc3)ccc12.O=C=O. The van der Waals surface area contributed by atoms with Crippen molar-refractivity contribution in [3.63, 3.8) is 0 Å². The summed E-state index contributed by atoms with van der Waals surface area (Å²) < 4.78 is 42.9. The minimum atomic E-state index is -3.96. The van der Waals surface area contributed by atoms with Crippen molar-refractivity contribution >= 4 is 62.5 Å². The second-order valence-electron chi connectivity index (χ2n) is 11.8. The molecule has 0 radical (unpaired) electrons. The molecule has 0 aliphatic rings. The molecule has 0 bridgehead atoms. The minimum absolute atomic E-state index is 0. The maximum Gasteiger partial charge on any atom is 0.373 e. The Labute approximate surface area is 362 Å². The fourth-order valence-electron chi connectivity index (χ4n) is 4.81. The second kappa shape index (κ2) is 26.3. The second-order valence-corrected chi connectivity index (χ2v) is 14.1. The number of aryl methyl sites for hydroxylation is 1. The van der Waals surface area contributed by atoms with Gasteiger partial charge in [0.2, 0.25) is 5.91 Å². The number of azide groups is 1. The van der Waals surface area contributed by atoms with Crippen LogP contribution in [0.25, 0.3) is 16.0 Å². The quantitative estimate of drug-likeness (QED) is 0.0376. The van der Waals surface area contributed by atoms with Gasteiger partial charge in [0.1, 0.15) is 18.7 Å². The molecule has 0 saturated carbocycles. The number of rotatable bonds is 13. The van der Waals surface area contributed by atoms with Gasteiger partial charge in [-0.3, -0.25) is 4.79 Å². The highest BCUT2D eigenvalue weighted by Crippen LogP contribution is 2.27. The number of amides is 1. The Balaban J connectivity index is 0.000000308. The van der Waals surface area contributed by atoms with Crippen LogP contribution in [-0.4, -0.2) is 52.9 Å². The van der Waals surface area contributed by atoms with Crippen LogP contribution in [0.3, 0.4) is 0 Å². The molecule has 6 rings (SSSR count). The number of hydrogen-bond donors (Lipinski definition) is 1. The van der Waals surface area contributed by atoms with E-state index in [1.54, 1.807) is 19.1 Å². The fourth-order valence-corrected chi connectivity index (χ4v) is 5.94. The lowest BCUT2D eigenvalue weighted by molar-refractivity contribution is -0.191. The maximum atomic E-state index is 11.8. The van der Waals surface area contributed by atoms with Gasteiger partial charge >= 0.3 is 12.1 Å². The third-order valence-electron chi connectivity index (χ3n) is 7.42. The molecule has 0 atom stereocenters. The van der Waals surface area contributed by atoms with E-state index in [0.29, 0.717) is 41.1 Å². The van der Waals surface area contributed by atoms with Crippen molar-refractivity contribution in [2.45, 2.75) is 59.1 Å². The van der Waals surface area contributed by atoms with E-state index in [1.807, 2.05) is 72.8 Å². The molecule has 1 amide bonds. The van der Waals surface area contributed by atoms with Gasteiger partial charge in [-0.25, -0.2) is 18.2 Å². The Hall–Kier alpha value is -6.81. The Bertz CT molecular complexity index is 2520. The number of sulfonamides is 1. The fraction of sp³-hybridized carbons (Fsp3) is 0.220. The van der Waals surface area contributed by atoms with E-state index in [1.165, 1.54) is 35.7 Å². The van der Waals surface area contributed by atoms with Crippen molar-refractivity contribution < 1.29 is 41.8 Å². The smallest absolute Gasteiger partial charge is 0.373 e. The average molecular weight is 894 g/mol. The summed E-state index contributed by atoms with van der Waals surface area (Å²) in [5.74, 6) is 0.311. The summed E-state index contributed by atoms with van der Waals surface area (Å²) in [6.45, 7) is 6.34. The van der Waals surface area contributed by atoms with Crippen LogP contribution >= 0.6 is 23.2 Å². The van der Waals surface area contributed by atoms with E-state index in [4.69, 9.17) is 52.5 Å². The zero-order valence-corrected chi connectivity index (χ0v) is 34.7. The summed E-state index contributed by atoms with van der Waals surface area (Å²) >= 11 is 12.4. The van der Waals surface area contributed by atoms with Crippen molar-refractivity contribution in [2.24, 2.45) is 4.52 Å². The van der Waals surface area contributed by atoms with E-state index in [9.17, 15) is 18.0 Å². The van der Waals surface area contributed by atoms with Crippen LogP contribution in [0, 0.1) is 0 Å². The predicted molar refractivity (Wildman–Crippen MR) is 228 cm³/mol. The van der Waals surface area contributed by atoms with Gasteiger partial charge in [-0.1, -0.05) is 110 Å². The third-order valence-corrected chi connectivity index (χ3v) is 9.20. The third kappa shape index (κ3) is 16.4. The summed E-state index contributed by atoms with van der Waals surface area (Å²) in [6.07, 6.45) is 2.26. The molecule has 3 heterocycles. The lowest BCUT2D eigenvalue weighted by Gasteiger charge is -2.08. The number of benzene rings is 3. The predicted octanol–water partition coefficient (Wildman–Crippen LogP) is 9.10. The molecule has 0 unspecified atom stereocenters. The van der Waals surface area contributed by atoms with Gasteiger partial charge in [0.25, 0.3) is 10.0 Å². The number of pyridine rings is 2. The van der Waals surface area contributed by atoms with Gasteiger partial charge in [0, 0.05) is 27.7 Å². The van der Waals surface area contributed by atoms with Crippen LogP contribution in [0.2, 0.25) is 10.3 Å². The van der Waals surface area contributed by atoms with Gasteiger partial charge in [0.15, 0.2) is 27.5 Å². The van der Waals surface area contributed by atoms with Crippen LogP contribution in [0.1, 0.15) is 61.9 Å². The van der Waals surface area contributed by atoms with Gasteiger partial charge in [-0.15, -0.1) is 5.10 Å². The van der Waals surface area contributed by atoms with E-state index < -0.39 is 16.0 Å². The lowest BCUT2D eigenvalue weighted by atomic mass is 10.2. The van der Waals surface area contributed by atoms with Gasteiger partial charge in [-0.2, -0.15) is 14.1 Å². The van der Waals surface area contributed by atoms with E-state index in [-0.39, 0.29) is 41.8 Å². The Kier molecular flexibility index (Phi) is 21.7. The number of fused-ring (bicyclic) bond motifs is 1. The zero-order chi connectivity index (χ0) is 43.9. The van der Waals surface area contributed by atoms with Crippen molar-refractivity contribution in [3.8, 4) is 11.5 Å². The molecule has 20 heteroatoms. The monoisotopic (exact) mass is 892 g/mol. The van der Waals surface area contributed by atoms with Crippen molar-refractivity contribution in [1.29, 1.82) is 0 Å². The molecule has 0 saturated heterocycles. The Morgan fingerprint density at radius 2 is 1.41 bits per heavy atom. The van der Waals surface area contributed by atoms with Crippen LogP contribution in [0.4, 0.5) is 5.69 Å². The number of nitrogens with one attached hydrogen (secondary N) is 1. The van der Waals surface area contributed by atoms with Crippen LogP contribution in [0.5, 0.6) is 11.5 Å². The molecule has 3 aromatic carbocycles. The van der Waals surface area contributed by atoms with E-state index in [2.05, 4.69) is 37.0 Å². The summed E-state index contributed by atoms with van der Waals surface area (Å²) in [4.78, 5) is 45.2. The zero-order valence-electron chi connectivity index (χ0n) is 32.4. The number of carbonyl (C=O) groups is 2. The highest BCUT2D eigenvalue weighted by atomic mass is 35.5. The molecule has 0 aliphatic carbocycles. The van der Waals surface area contributed by atoms with Crippen LogP contribution in [0.15, 0.2) is 119 Å². The first kappa shape index (κ1) is 50.3. The number of hydrogen-bond acceptors (Lipinski definition) is 12. The summed E-state index contributed by atoms with van der Waals surface area (Å²) in [5.41, 5.74) is 12.3. The normalized spacial score (nSPS) is 9.92. The molecule has 1 N–H and O–H groups in total. The van der Waals surface area contributed by atoms with Gasteiger partial charge in [0.05, 0.1) is 11.5 Å². The number of nitrogens with zero attached hydrogens (tertiary/aromatic N) is 7.